The van der Waals surface area contributed by atoms with Crippen LogP contribution in [0.4, 0.5) is 10.3 Å². The number of hydrogen-bond donors (Lipinski definition) is 1. The number of rotatable bonds is 1. The fraction of sp³-hybridized carbons (Fsp3) is 0. The van der Waals surface area contributed by atoms with Crippen LogP contribution in [0.25, 0.3) is 5.82 Å². The Morgan fingerprint density at radius 3 is 2.79 bits per heavy atom. The van der Waals surface area contributed by atoms with E-state index in [9.17, 15) is 4.39 Å². The molecule has 0 saturated carbocycles. The lowest BCUT2D eigenvalue weighted by Gasteiger charge is -2.00. The van der Waals surface area contributed by atoms with Crippen molar-refractivity contribution >= 4 is 21.9 Å². The van der Waals surface area contributed by atoms with E-state index in [1.165, 1.54) is 23.3 Å². The van der Waals surface area contributed by atoms with E-state index in [-0.39, 0.29) is 11.8 Å². The number of anilines is 1. The standard InChI is InChI=1S/C7H5BrFN5/c8-4-1-5(9)6(11-2-4)14-3-12-7(10)13-14/h1-3H,(H2,10,13). The number of nitrogens with zero attached hydrogens (tertiary/aromatic N) is 4. The van der Waals surface area contributed by atoms with Crippen LogP contribution in [-0.2, 0) is 0 Å². The van der Waals surface area contributed by atoms with Gasteiger partial charge in [0.05, 0.1) is 0 Å². The highest BCUT2D eigenvalue weighted by molar-refractivity contribution is 9.10. The number of nitrogen functional groups attached to an aromatic ring is 1. The molecule has 0 bridgehead atoms. The zero-order valence-electron chi connectivity index (χ0n) is 6.85. The molecule has 7 heteroatoms. The molecule has 14 heavy (non-hydrogen) atoms. The summed E-state index contributed by atoms with van der Waals surface area (Å²) in [4.78, 5) is 7.51. The minimum atomic E-state index is -0.496. The van der Waals surface area contributed by atoms with Crippen LogP contribution in [0.2, 0.25) is 0 Å². The van der Waals surface area contributed by atoms with E-state index in [1.807, 2.05) is 0 Å². The topological polar surface area (TPSA) is 69.6 Å². The smallest absolute Gasteiger partial charge is 0.239 e. The molecule has 2 N–H and O–H groups in total. The van der Waals surface area contributed by atoms with E-state index >= 15 is 0 Å². The van der Waals surface area contributed by atoms with E-state index in [1.54, 1.807) is 0 Å². The van der Waals surface area contributed by atoms with Crippen LogP contribution in [0, 0.1) is 5.82 Å². The average Bonchev–Trinajstić information content (AvgIpc) is 2.51. The first-order valence-electron chi connectivity index (χ1n) is 3.65. The highest BCUT2D eigenvalue weighted by Gasteiger charge is 2.08. The molecule has 0 aliphatic carbocycles. The Balaban J connectivity index is 2.52. The van der Waals surface area contributed by atoms with Crippen molar-refractivity contribution in [2.75, 3.05) is 5.73 Å². The number of hydrogen-bond acceptors (Lipinski definition) is 4. The highest BCUT2D eigenvalue weighted by Crippen LogP contribution is 2.14. The lowest BCUT2D eigenvalue weighted by Crippen LogP contribution is -2.02. The number of halogens is 2. The Morgan fingerprint density at radius 1 is 1.43 bits per heavy atom. The minimum Gasteiger partial charge on any atom is -0.366 e. The lowest BCUT2D eigenvalue weighted by molar-refractivity contribution is 0.599. The summed E-state index contributed by atoms with van der Waals surface area (Å²) in [6.45, 7) is 0. The Morgan fingerprint density at radius 2 is 2.21 bits per heavy atom. The fourth-order valence-electron chi connectivity index (χ4n) is 0.954. The monoisotopic (exact) mass is 257 g/mol. The molecule has 0 aromatic carbocycles. The summed E-state index contributed by atoms with van der Waals surface area (Å²) in [6, 6.07) is 1.29. The molecule has 0 unspecified atom stereocenters. The molecule has 2 aromatic rings. The highest BCUT2D eigenvalue weighted by atomic mass is 79.9. The van der Waals surface area contributed by atoms with Gasteiger partial charge in [-0.2, -0.15) is 4.68 Å². The predicted molar refractivity (Wildman–Crippen MR) is 51.2 cm³/mol. The molecular weight excluding hydrogens is 253 g/mol. The number of nitrogens with two attached hydrogens (primary N) is 1. The largest absolute Gasteiger partial charge is 0.366 e. The van der Waals surface area contributed by atoms with Gasteiger partial charge >= 0.3 is 0 Å². The fourth-order valence-corrected chi connectivity index (χ4v) is 1.26. The van der Waals surface area contributed by atoms with Crippen molar-refractivity contribution in [1.29, 1.82) is 0 Å². The molecule has 0 aliphatic heterocycles. The van der Waals surface area contributed by atoms with Gasteiger partial charge in [0, 0.05) is 10.7 Å². The van der Waals surface area contributed by atoms with Crippen LogP contribution >= 0.6 is 15.9 Å². The van der Waals surface area contributed by atoms with Crippen LogP contribution < -0.4 is 5.73 Å². The molecule has 72 valence electrons. The van der Waals surface area contributed by atoms with Crippen LogP contribution in [0.1, 0.15) is 0 Å². The molecule has 0 radical (unpaired) electrons. The maximum Gasteiger partial charge on any atom is 0.239 e. The summed E-state index contributed by atoms with van der Waals surface area (Å²) in [5, 5.41) is 3.74. The molecule has 5 nitrogen and oxygen atoms in total. The zero-order chi connectivity index (χ0) is 10.1. The van der Waals surface area contributed by atoms with E-state index in [0.29, 0.717) is 4.47 Å². The average molecular weight is 258 g/mol. The summed E-state index contributed by atoms with van der Waals surface area (Å²) in [6.07, 6.45) is 2.77. The van der Waals surface area contributed by atoms with Crippen LogP contribution in [0.3, 0.4) is 0 Å². The van der Waals surface area contributed by atoms with E-state index in [4.69, 9.17) is 5.73 Å². The van der Waals surface area contributed by atoms with Gasteiger partial charge in [0.25, 0.3) is 0 Å². The second-order valence-electron chi connectivity index (χ2n) is 2.51. The molecule has 0 amide bonds. The second kappa shape index (κ2) is 3.33. The first-order chi connectivity index (χ1) is 6.66. The Hall–Kier alpha value is -1.50. The van der Waals surface area contributed by atoms with Gasteiger partial charge in [0.1, 0.15) is 6.33 Å². The van der Waals surface area contributed by atoms with Gasteiger partial charge in [-0.1, -0.05) is 0 Å². The third kappa shape index (κ3) is 1.58. The molecule has 2 rings (SSSR count). The predicted octanol–water partition coefficient (Wildman–Crippen LogP) is 1.15. The van der Waals surface area contributed by atoms with Crippen molar-refractivity contribution < 1.29 is 4.39 Å². The number of pyridine rings is 1. The molecule has 0 atom stereocenters. The van der Waals surface area contributed by atoms with E-state index in [0.717, 1.165) is 0 Å². The lowest BCUT2D eigenvalue weighted by atomic mass is 10.4. The minimum absolute atomic E-state index is 0.0670. The van der Waals surface area contributed by atoms with Gasteiger partial charge in [0.2, 0.25) is 5.95 Å². The molecule has 0 saturated heterocycles. The van der Waals surface area contributed by atoms with Crippen molar-refractivity contribution in [3.8, 4) is 5.82 Å². The van der Waals surface area contributed by atoms with Gasteiger partial charge in [-0.05, 0) is 22.0 Å². The maximum atomic E-state index is 13.3. The summed E-state index contributed by atoms with van der Waals surface area (Å²) in [5.74, 6) is -0.351. The van der Waals surface area contributed by atoms with Gasteiger partial charge in [0.15, 0.2) is 11.6 Å². The van der Waals surface area contributed by atoms with Crippen LogP contribution in [0.15, 0.2) is 23.1 Å². The van der Waals surface area contributed by atoms with Crippen molar-refractivity contribution in [3.05, 3.63) is 28.9 Å². The quantitative estimate of drug-likeness (QED) is 0.832. The third-order valence-corrected chi connectivity index (χ3v) is 1.95. The van der Waals surface area contributed by atoms with Crippen molar-refractivity contribution in [1.82, 2.24) is 19.7 Å². The van der Waals surface area contributed by atoms with Gasteiger partial charge < -0.3 is 5.73 Å². The van der Waals surface area contributed by atoms with Crippen molar-refractivity contribution in [3.63, 3.8) is 0 Å². The zero-order valence-corrected chi connectivity index (χ0v) is 8.44. The Bertz CT molecular complexity index is 469. The Kier molecular flexibility index (Phi) is 2.16. The Labute approximate surface area is 86.9 Å². The molecule has 0 fully saturated rings. The first-order valence-corrected chi connectivity index (χ1v) is 4.44. The van der Waals surface area contributed by atoms with Gasteiger partial charge in [-0.3, -0.25) is 0 Å². The van der Waals surface area contributed by atoms with Crippen LogP contribution in [-0.4, -0.2) is 19.7 Å². The molecule has 0 aliphatic rings. The van der Waals surface area contributed by atoms with Crippen LogP contribution in [0.5, 0.6) is 0 Å². The van der Waals surface area contributed by atoms with E-state index in [2.05, 4.69) is 31.0 Å². The maximum absolute atomic E-state index is 13.3. The molecule has 2 heterocycles. The number of aromatic nitrogens is 4. The molecule has 0 spiro atoms. The summed E-state index contributed by atoms with van der Waals surface area (Å²) in [5.41, 5.74) is 5.29. The van der Waals surface area contributed by atoms with Crippen molar-refractivity contribution in [2.24, 2.45) is 0 Å². The molecular formula is C7H5BrFN5. The normalized spacial score (nSPS) is 10.4. The van der Waals surface area contributed by atoms with Crippen molar-refractivity contribution in [2.45, 2.75) is 0 Å². The van der Waals surface area contributed by atoms with Gasteiger partial charge in [-0.15, -0.1) is 5.10 Å². The first kappa shape index (κ1) is 9.07. The third-order valence-electron chi connectivity index (χ3n) is 1.51. The summed E-state index contributed by atoms with van der Waals surface area (Å²) >= 11 is 3.10. The summed E-state index contributed by atoms with van der Waals surface area (Å²) < 4.78 is 15.1. The van der Waals surface area contributed by atoms with E-state index < -0.39 is 5.82 Å². The second-order valence-corrected chi connectivity index (χ2v) is 3.42. The van der Waals surface area contributed by atoms with Gasteiger partial charge in [-0.25, -0.2) is 14.4 Å². The molecule has 2 aromatic heterocycles. The SMILES string of the molecule is Nc1ncn(-c2ncc(Br)cc2F)n1. The summed E-state index contributed by atoms with van der Waals surface area (Å²) in [7, 11) is 0.